The van der Waals surface area contributed by atoms with Gasteiger partial charge in [0.25, 0.3) is 0 Å². The number of nitrogens with zero attached hydrogens (tertiary/aromatic N) is 2. The van der Waals surface area contributed by atoms with Crippen LogP contribution < -0.4 is 9.80 Å². The largest absolute Gasteiger partial charge is 0.315 e. The summed E-state index contributed by atoms with van der Waals surface area (Å²) in [6.45, 7) is 0. The van der Waals surface area contributed by atoms with E-state index >= 15 is 0 Å². The number of anilines is 2. The SMILES string of the molecule is CN1C(=O)C(c2cccc3c2CC(=O)N3C)c2ccccc21. The molecule has 0 radical (unpaired) electrons. The van der Waals surface area contributed by atoms with Gasteiger partial charge in [0.05, 0.1) is 12.3 Å². The topological polar surface area (TPSA) is 40.6 Å². The van der Waals surface area contributed by atoms with Crippen LogP contribution in [0.2, 0.25) is 0 Å². The monoisotopic (exact) mass is 292 g/mol. The maximum atomic E-state index is 12.8. The van der Waals surface area contributed by atoms with Crippen LogP contribution in [0.25, 0.3) is 0 Å². The van der Waals surface area contributed by atoms with E-state index in [2.05, 4.69) is 0 Å². The second kappa shape index (κ2) is 4.44. The van der Waals surface area contributed by atoms with Gasteiger partial charge in [0.1, 0.15) is 0 Å². The zero-order valence-electron chi connectivity index (χ0n) is 12.5. The van der Waals surface area contributed by atoms with Crippen molar-refractivity contribution in [2.45, 2.75) is 12.3 Å². The molecule has 0 spiro atoms. The van der Waals surface area contributed by atoms with Crippen LogP contribution in [0.1, 0.15) is 22.6 Å². The lowest BCUT2D eigenvalue weighted by Crippen LogP contribution is -2.24. The summed E-state index contributed by atoms with van der Waals surface area (Å²) >= 11 is 0. The van der Waals surface area contributed by atoms with Crippen LogP contribution in [0.5, 0.6) is 0 Å². The van der Waals surface area contributed by atoms with Crippen LogP contribution in [-0.2, 0) is 16.0 Å². The molecule has 0 aromatic heterocycles. The molecule has 4 nitrogen and oxygen atoms in total. The van der Waals surface area contributed by atoms with Crippen LogP contribution in [-0.4, -0.2) is 25.9 Å². The second-order valence-corrected chi connectivity index (χ2v) is 5.86. The lowest BCUT2D eigenvalue weighted by molar-refractivity contribution is -0.118. The molecule has 110 valence electrons. The minimum Gasteiger partial charge on any atom is -0.315 e. The lowest BCUT2D eigenvalue weighted by Gasteiger charge is -2.16. The van der Waals surface area contributed by atoms with Gasteiger partial charge in [-0.05, 0) is 28.8 Å². The summed E-state index contributed by atoms with van der Waals surface area (Å²) in [6.07, 6.45) is 0.373. The third kappa shape index (κ3) is 1.58. The molecule has 0 fully saturated rings. The van der Waals surface area contributed by atoms with Gasteiger partial charge in [0.15, 0.2) is 0 Å². The lowest BCUT2D eigenvalue weighted by atomic mass is 9.88. The van der Waals surface area contributed by atoms with Gasteiger partial charge < -0.3 is 9.80 Å². The molecule has 4 heteroatoms. The number of para-hydroxylation sites is 1. The Labute approximate surface area is 129 Å². The van der Waals surface area contributed by atoms with Crippen molar-refractivity contribution >= 4 is 23.2 Å². The maximum absolute atomic E-state index is 12.8. The van der Waals surface area contributed by atoms with Gasteiger partial charge in [-0.1, -0.05) is 30.3 Å². The number of benzene rings is 2. The van der Waals surface area contributed by atoms with Crippen molar-refractivity contribution in [3.05, 3.63) is 59.2 Å². The number of amides is 2. The molecule has 2 heterocycles. The summed E-state index contributed by atoms with van der Waals surface area (Å²) in [5.74, 6) is -0.165. The standard InChI is InChI=1S/C18H16N2O2/c1-19-15-9-5-7-11(13(15)10-16(19)21)17-12-6-3-4-8-14(12)20(2)18(17)22/h3-9,17H,10H2,1-2H3. The molecule has 2 aromatic carbocycles. The first-order valence-electron chi connectivity index (χ1n) is 7.34. The number of likely N-dealkylation sites (N-methyl/N-ethyl adjacent to an activating group) is 2. The van der Waals surface area contributed by atoms with Crippen LogP contribution in [0.3, 0.4) is 0 Å². The fraction of sp³-hybridized carbons (Fsp3) is 0.222. The molecule has 0 aliphatic carbocycles. The van der Waals surface area contributed by atoms with Gasteiger partial charge in [-0.3, -0.25) is 9.59 Å². The molecule has 2 aliphatic rings. The van der Waals surface area contributed by atoms with E-state index in [1.54, 1.807) is 16.8 Å². The molecule has 1 atom stereocenters. The Morgan fingerprint density at radius 1 is 0.864 bits per heavy atom. The molecule has 4 rings (SSSR count). The highest BCUT2D eigenvalue weighted by Gasteiger charge is 2.39. The van der Waals surface area contributed by atoms with Crippen molar-refractivity contribution in [2.75, 3.05) is 23.9 Å². The van der Waals surface area contributed by atoms with E-state index in [0.29, 0.717) is 6.42 Å². The minimum atomic E-state index is -0.310. The Morgan fingerprint density at radius 3 is 2.36 bits per heavy atom. The van der Waals surface area contributed by atoms with Gasteiger partial charge in [0.2, 0.25) is 11.8 Å². The molecule has 0 saturated heterocycles. The van der Waals surface area contributed by atoms with Crippen LogP contribution in [0.15, 0.2) is 42.5 Å². The summed E-state index contributed by atoms with van der Waals surface area (Å²) < 4.78 is 0. The van der Waals surface area contributed by atoms with Gasteiger partial charge in [-0.15, -0.1) is 0 Å². The smallest absolute Gasteiger partial charge is 0.238 e. The number of carbonyl (C=O) groups excluding carboxylic acids is 2. The third-order valence-electron chi connectivity index (χ3n) is 4.75. The highest BCUT2D eigenvalue weighted by atomic mass is 16.2. The Kier molecular flexibility index (Phi) is 2.64. The quantitative estimate of drug-likeness (QED) is 0.809. The predicted octanol–water partition coefficient (Wildman–Crippen LogP) is 2.31. The van der Waals surface area contributed by atoms with E-state index in [1.807, 2.05) is 49.5 Å². The van der Waals surface area contributed by atoms with Crippen molar-refractivity contribution in [3.8, 4) is 0 Å². The Hall–Kier alpha value is -2.62. The molecular weight excluding hydrogens is 276 g/mol. The highest BCUT2D eigenvalue weighted by Crippen LogP contribution is 2.44. The molecule has 22 heavy (non-hydrogen) atoms. The van der Waals surface area contributed by atoms with Crippen LogP contribution in [0, 0.1) is 0 Å². The molecule has 0 bridgehead atoms. The Balaban J connectivity index is 1.92. The van der Waals surface area contributed by atoms with E-state index in [1.165, 1.54) is 0 Å². The summed E-state index contributed by atoms with van der Waals surface area (Å²) in [7, 11) is 3.59. The third-order valence-corrected chi connectivity index (χ3v) is 4.75. The zero-order chi connectivity index (χ0) is 15.4. The second-order valence-electron chi connectivity index (χ2n) is 5.86. The van der Waals surface area contributed by atoms with Gasteiger partial charge >= 0.3 is 0 Å². The fourth-order valence-corrected chi connectivity index (χ4v) is 3.56. The predicted molar refractivity (Wildman–Crippen MR) is 85.3 cm³/mol. The average Bonchev–Trinajstić information content (AvgIpc) is 2.96. The van der Waals surface area contributed by atoms with Crippen molar-refractivity contribution in [2.24, 2.45) is 0 Å². The number of hydrogen-bond donors (Lipinski definition) is 0. The molecule has 2 aliphatic heterocycles. The van der Waals surface area contributed by atoms with E-state index in [9.17, 15) is 9.59 Å². The summed E-state index contributed by atoms with van der Waals surface area (Å²) in [5.41, 5.74) is 4.83. The van der Waals surface area contributed by atoms with E-state index in [0.717, 1.165) is 28.1 Å². The average molecular weight is 292 g/mol. The number of fused-ring (bicyclic) bond motifs is 2. The van der Waals surface area contributed by atoms with E-state index in [4.69, 9.17) is 0 Å². The molecule has 0 N–H and O–H groups in total. The zero-order valence-corrected chi connectivity index (χ0v) is 12.5. The summed E-state index contributed by atoms with van der Waals surface area (Å²) in [5, 5.41) is 0. The van der Waals surface area contributed by atoms with Crippen molar-refractivity contribution in [1.82, 2.24) is 0 Å². The van der Waals surface area contributed by atoms with Gasteiger partial charge in [-0.2, -0.15) is 0 Å². The fourth-order valence-electron chi connectivity index (χ4n) is 3.56. The van der Waals surface area contributed by atoms with Crippen molar-refractivity contribution in [3.63, 3.8) is 0 Å². The normalized spacial score (nSPS) is 19.6. The number of rotatable bonds is 1. The minimum absolute atomic E-state index is 0.0663. The van der Waals surface area contributed by atoms with Crippen molar-refractivity contribution in [1.29, 1.82) is 0 Å². The first kappa shape index (κ1) is 13.1. The Bertz CT molecular complexity index is 812. The Morgan fingerprint density at radius 2 is 1.55 bits per heavy atom. The summed E-state index contributed by atoms with van der Waals surface area (Å²) in [4.78, 5) is 28.2. The van der Waals surface area contributed by atoms with Crippen molar-refractivity contribution < 1.29 is 9.59 Å². The molecule has 2 aromatic rings. The molecular formula is C18H16N2O2. The molecule has 1 unspecified atom stereocenters. The van der Waals surface area contributed by atoms with E-state index < -0.39 is 0 Å². The number of carbonyl (C=O) groups is 2. The molecule has 0 saturated carbocycles. The molecule has 2 amide bonds. The van der Waals surface area contributed by atoms with Crippen LogP contribution in [0.4, 0.5) is 11.4 Å². The summed E-state index contributed by atoms with van der Waals surface area (Å²) in [6, 6.07) is 13.7. The van der Waals surface area contributed by atoms with E-state index in [-0.39, 0.29) is 17.7 Å². The first-order valence-corrected chi connectivity index (χ1v) is 7.34. The highest BCUT2D eigenvalue weighted by molar-refractivity contribution is 6.08. The van der Waals surface area contributed by atoms with Gasteiger partial charge in [-0.25, -0.2) is 0 Å². The van der Waals surface area contributed by atoms with Crippen LogP contribution >= 0.6 is 0 Å². The van der Waals surface area contributed by atoms with Gasteiger partial charge in [0, 0.05) is 25.5 Å². The maximum Gasteiger partial charge on any atom is 0.238 e. The number of hydrogen-bond acceptors (Lipinski definition) is 2. The first-order chi connectivity index (χ1) is 10.6.